The van der Waals surface area contributed by atoms with Gasteiger partial charge in [0.15, 0.2) is 0 Å². The lowest BCUT2D eigenvalue weighted by Crippen LogP contribution is -2.65. The quantitative estimate of drug-likeness (QED) is 0.171. The summed E-state index contributed by atoms with van der Waals surface area (Å²) in [5.41, 5.74) is 0. The summed E-state index contributed by atoms with van der Waals surface area (Å²) in [6.07, 6.45) is -36.6. The summed E-state index contributed by atoms with van der Waals surface area (Å²) in [5.74, 6) is -16.2. The van der Waals surface area contributed by atoms with Gasteiger partial charge in [0, 0.05) is 0 Å². The fourth-order valence-corrected chi connectivity index (χ4v) is 1.12. The lowest BCUT2D eigenvalue weighted by Gasteiger charge is -2.36. The van der Waals surface area contributed by atoms with E-state index in [0.717, 1.165) is 0 Å². The van der Waals surface area contributed by atoms with Crippen molar-refractivity contribution in [2.75, 3.05) is 0 Å². The van der Waals surface area contributed by atoms with Crippen molar-refractivity contribution in [3.05, 3.63) is 24.2 Å². The first kappa shape index (κ1) is 29.7. The third kappa shape index (κ3) is 6.62. The minimum absolute atomic E-state index is 1.52. The van der Waals surface area contributed by atoms with Crippen molar-refractivity contribution >= 4 is 0 Å². The fraction of sp³-hybridized carbons (Fsp3) is 0.600. The first-order valence-electron chi connectivity index (χ1n) is 6.28. The van der Waals surface area contributed by atoms with Gasteiger partial charge in [0.2, 0.25) is 0 Å². The smallest absolute Gasteiger partial charge is 0.378 e. The second-order valence-electron chi connectivity index (χ2n) is 4.59. The Kier molecular flexibility index (Phi) is 8.31. The maximum atomic E-state index is 13.2. The lowest BCUT2D eigenvalue weighted by molar-refractivity contribution is -0.548. The molecule has 190 valence electrons. The summed E-state index contributed by atoms with van der Waals surface area (Å²) in [6, 6.07) is -7.61. The fourth-order valence-electron chi connectivity index (χ4n) is 1.12. The highest BCUT2D eigenvalue weighted by atomic mass is 19.4. The van der Waals surface area contributed by atoms with E-state index in [1.165, 1.54) is 9.47 Å². The van der Waals surface area contributed by atoms with E-state index in [1.54, 1.807) is 0 Å². The van der Waals surface area contributed by atoms with Crippen molar-refractivity contribution in [3.63, 3.8) is 0 Å². The van der Waals surface area contributed by atoms with Gasteiger partial charge in [-0.3, -0.25) is 0 Å². The van der Waals surface area contributed by atoms with Gasteiger partial charge >= 0.3 is 60.8 Å². The minimum atomic E-state index is -8.08. The molecule has 0 bridgehead atoms. The summed E-state index contributed by atoms with van der Waals surface area (Å²) in [4.78, 5) is 0. The molecule has 0 fully saturated rings. The van der Waals surface area contributed by atoms with Crippen LogP contribution in [0.2, 0.25) is 0 Å². The van der Waals surface area contributed by atoms with Gasteiger partial charge in [-0.15, -0.1) is 17.6 Å². The first-order chi connectivity index (χ1) is 13.8. The maximum absolute atomic E-state index is 13.2. The van der Waals surface area contributed by atoms with E-state index in [4.69, 9.17) is 0 Å². The highest BCUT2D eigenvalue weighted by molar-refractivity contribution is 4.98. The van der Waals surface area contributed by atoms with Crippen molar-refractivity contribution in [2.24, 2.45) is 0 Å². The molecular formula is C10F18O4. The van der Waals surface area contributed by atoms with E-state index in [9.17, 15) is 79.0 Å². The summed E-state index contributed by atoms with van der Waals surface area (Å²) < 4.78 is 232. The Morgan fingerprint density at radius 3 is 0.812 bits per heavy atom. The molecule has 0 aromatic carbocycles. The molecule has 0 radical (unpaired) electrons. The number of hydrogen-bond acceptors (Lipinski definition) is 4. The highest BCUT2D eigenvalue weighted by Gasteiger charge is 2.85. The van der Waals surface area contributed by atoms with Crippen LogP contribution in [-0.2, 0) is 18.9 Å². The molecule has 0 spiro atoms. The molecule has 0 saturated heterocycles. The Morgan fingerprint density at radius 2 is 0.625 bits per heavy atom. The zero-order valence-electron chi connectivity index (χ0n) is 13.4. The van der Waals surface area contributed by atoms with Crippen LogP contribution in [0.4, 0.5) is 79.0 Å². The SMILES string of the molecule is FC(F)=C(F)OC(F)(F)OC(F)(F)C(F)(F)C(F)(F)C(F)(F)OC(F)(F)OC(F)=C(F)F. The Morgan fingerprint density at radius 1 is 0.406 bits per heavy atom. The van der Waals surface area contributed by atoms with Gasteiger partial charge in [0.05, 0.1) is 0 Å². The predicted molar refractivity (Wildman–Crippen MR) is 54.7 cm³/mol. The molecule has 4 nitrogen and oxygen atoms in total. The van der Waals surface area contributed by atoms with Crippen LogP contribution in [0.5, 0.6) is 0 Å². The van der Waals surface area contributed by atoms with Gasteiger partial charge in [-0.25, -0.2) is 9.47 Å². The molecule has 0 amide bonds. The van der Waals surface area contributed by atoms with Crippen LogP contribution in [-0.4, -0.2) is 36.7 Å². The molecule has 0 saturated carbocycles. The van der Waals surface area contributed by atoms with E-state index in [0.29, 0.717) is 0 Å². The predicted octanol–water partition coefficient (Wildman–Crippen LogP) is 6.68. The minimum Gasteiger partial charge on any atom is -0.378 e. The van der Waals surface area contributed by atoms with E-state index in [1.807, 2.05) is 9.47 Å². The van der Waals surface area contributed by atoms with Gasteiger partial charge in [0.1, 0.15) is 0 Å². The molecule has 0 aliphatic heterocycles. The molecule has 0 unspecified atom stereocenters. The summed E-state index contributed by atoms with van der Waals surface area (Å²) in [7, 11) is 0. The Hall–Kier alpha value is -2.26. The number of alkyl halides is 12. The van der Waals surface area contributed by atoms with Gasteiger partial charge in [0.25, 0.3) is 0 Å². The van der Waals surface area contributed by atoms with E-state index in [-0.39, 0.29) is 0 Å². The standard InChI is InChI=1S/C10F18O4/c11-1(12)3(15)29-9(25,26)31-7(21,22)5(17,18)6(19,20)8(23,24)32-10(27,28)30-4(16)2(13)14. The second kappa shape index (κ2) is 8.94. The Balaban J connectivity index is 5.99. The average Bonchev–Trinajstić information content (AvgIpc) is 2.50. The largest absolute Gasteiger partial charge is 0.541 e. The number of rotatable bonds is 11. The molecule has 0 aromatic rings. The molecule has 0 aromatic heterocycles. The molecule has 0 rings (SSSR count). The zero-order valence-corrected chi connectivity index (χ0v) is 13.4. The maximum Gasteiger partial charge on any atom is 0.541 e. The first-order valence-corrected chi connectivity index (χ1v) is 6.28. The van der Waals surface area contributed by atoms with Crippen LogP contribution in [0.15, 0.2) is 24.2 Å². The van der Waals surface area contributed by atoms with E-state index < -0.39 is 60.8 Å². The highest BCUT2D eigenvalue weighted by Crippen LogP contribution is 2.55. The molecule has 0 atom stereocenters. The van der Waals surface area contributed by atoms with Gasteiger partial charge in [-0.05, 0) is 0 Å². The lowest BCUT2D eigenvalue weighted by atomic mass is 10.1. The Labute approximate surface area is 160 Å². The number of halogens is 18. The van der Waals surface area contributed by atoms with Crippen LogP contribution in [0.1, 0.15) is 0 Å². The molecule has 22 heteroatoms. The molecular weight excluding hydrogens is 526 g/mol. The van der Waals surface area contributed by atoms with Gasteiger partial charge in [-0.1, -0.05) is 0 Å². The Bertz CT molecular complexity index is 672. The van der Waals surface area contributed by atoms with E-state index in [2.05, 4.69) is 0 Å². The summed E-state index contributed by atoms with van der Waals surface area (Å²) in [5, 5.41) is 0. The molecule has 0 aliphatic rings. The molecule has 0 N–H and O–H groups in total. The van der Waals surface area contributed by atoms with Crippen molar-refractivity contribution < 1.29 is 98.0 Å². The van der Waals surface area contributed by atoms with Crippen molar-refractivity contribution in [3.8, 4) is 0 Å². The molecule has 32 heavy (non-hydrogen) atoms. The number of ether oxygens (including phenoxy) is 4. The average molecular weight is 526 g/mol. The molecule has 0 heterocycles. The van der Waals surface area contributed by atoms with E-state index >= 15 is 0 Å². The van der Waals surface area contributed by atoms with Crippen LogP contribution < -0.4 is 0 Å². The van der Waals surface area contributed by atoms with Gasteiger partial charge < -0.3 is 9.47 Å². The summed E-state index contributed by atoms with van der Waals surface area (Å²) in [6.45, 7) is 0. The van der Waals surface area contributed by atoms with Crippen LogP contribution in [0.3, 0.4) is 0 Å². The third-order valence-corrected chi connectivity index (χ3v) is 2.33. The van der Waals surface area contributed by atoms with Crippen molar-refractivity contribution in [1.82, 2.24) is 0 Å². The van der Waals surface area contributed by atoms with Crippen molar-refractivity contribution in [1.29, 1.82) is 0 Å². The van der Waals surface area contributed by atoms with Crippen LogP contribution in [0, 0.1) is 0 Å². The van der Waals surface area contributed by atoms with Crippen LogP contribution >= 0.6 is 0 Å². The third-order valence-electron chi connectivity index (χ3n) is 2.33. The second-order valence-corrected chi connectivity index (χ2v) is 4.59. The number of hydrogen-bond donors (Lipinski definition) is 0. The van der Waals surface area contributed by atoms with Crippen molar-refractivity contribution in [2.45, 2.75) is 36.7 Å². The van der Waals surface area contributed by atoms with Crippen LogP contribution in [0.25, 0.3) is 0 Å². The monoisotopic (exact) mass is 526 g/mol. The molecule has 0 aliphatic carbocycles. The normalized spacial score (nSPS) is 14.2. The van der Waals surface area contributed by atoms with Gasteiger partial charge in [-0.2, -0.15) is 61.5 Å². The zero-order chi connectivity index (χ0) is 26.1. The summed E-state index contributed by atoms with van der Waals surface area (Å²) >= 11 is 0. The topological polar surface area (TPSA) is 36.9 Å².